The Bertz CT molecular complexity index is 554. The SMILES string of the molecule is COc1cccc(CC(Br)c2cc3c(s2)CCC3)c1. The number of methoxy groups -OCH3 is 1. The molecule has 1 nitrogen and oxygen atoms in total. The maximum absolute atomic E-state index is 5.28. The van der Waals surface area contributed by atoms with Crippen molar-refractivity contribution in [1.82, 2.24) is 0 Å². The molecule has 0 aliphatic heterocycles. The number of aryl methyl sites for hydroxylation is 2. The summed E-state index contributed by atoms with van der Waals surface area (Å²) in [7, 11) is 1.72. The van der Waals surface area contributed by atoms with Crippen molar-refractivity contribution in [2.24, 2.45) is 0 Å². The Morgan fingerprint density at radius 3 is 3.00 bits per heavy atom. The molecule has 3 heteroatoms. The zero-order chi connectivity index (χ0) is 13.2. The Hall–Kier alpha value is -0.800. The van der Waals surface area contributed by atoms with Crippen LogP contribution in [0.25, 0.3) is 0 Å². The first-order valence-corrected chi connectivity index (χ1v) is 8.38. The number of benzene rings is 1. The van der Waals surface area contributed by atoms with E-state index in [1.165, 1.54) is 29.7 Å². The zero-order valence-corrected chi connectivity index (χ0v) is 13.4. The normalized spacial score (nSPS) is 15.3. The topological polar surface area (TPSA) is 9.23 Å². The van der Waals surface area contributed by atoms with Crippen molar-refractivity contribution in [2.75, 3.05) is 7.11 Å². The fraction of sp³-hybridized carbons (Fsp3) is 0.375. The van der Waals surface area contributed by atoms with Crippen molar-refractivity contribution in [2.45, 2.75) is 30.5 Å². The first kappa shape index (κ1) is 13.2. The van der Waals surface area contributed by atoms with E-state index < -0.39 is 0 Å². The first-order valence-electron chi connectivity index (χ1n) is 6.65. The molecule has 0 saturated carbocycles. The van der Waals surface area contributed by atoms with E-state index in [1.807, 2.05) is 17.4 Å². The third-order valence-electron chi connectivity index (χ3n) is 3.62. The number of hydrogen-bond donors (Lipinski definition) is 0. The molecule has 1 aromatic heterocycles. The molecule has 1 unspecified atom stereocenters. The van der Waals surface area contributed by atoms with E-state index in [0.717, 1.165) is 12.2 Å². The van der Waals surface area contributed by atoms with Crippen LogP contribution in [0.3, 0.4) is 0 Å². The summed E-state index contributed by atoms with van der Waals surface area (Å²) in [5.41, 5.74) is 2.89. The number of thiophene rings is 1. The predicted octanol–water partition coefficient (Wildman–Crippen LogP) is 4.92. The summed E-state index contributed by atoms with van der Waals surface area (Å²) in [4.78, 5) is 3.48. The van der Waals surface area contributed by atoms with Crippen LogP contribution in [0.15, 0.2) is 30.3 Å². The minimum Gasteiger partial charge on any atom is -0.497 e. The van der Waals surface area contributed by atoms with Gasteiger partial charge in [0.1, 0.15) is 5.75 Å². The minimum atomic E-state index is 0.412. The van der Waals surface area contributed by atoms with E-state index in [4.69, 9.17) is 4.74 Å². The molecule has 100 valence electrons. The van der Waals surface area contributed by atoms with Crippen molar-refractivity contribution < 1.29 is 4.74 Å². The molecule has 1 aliphatic carbocycles. The van der Waals surface area contributed by atoms with Gasteiger partial charge in [0.15, 0.2) is 0 Å². The lowest BCUT2D eigenvalue weighted by Crippen LogP contribution is -1.94. The van der Waals surface area contributed by atoms with E-state index in [2.05, 4.69) is 40.2 Å². The smallest absolute Gasteiger partial charge is 0.119 e. The maximum Gasteiger partial charge on any atom is 0.119 e. The van der Waals surface area contributed by atoms with Crippen LogP contribution in [-0.4, -0.2) is 7.11 Å². The van der Waals surface area contributed by atoms with Gasteiger partial charge >= 0.3 is 0 Å². The Morgan fingerprint density at radius 1 is 1.32 bits per heavy atom. The van der Waals surface area contributed by atoms with Crippen LogP contribution in [0.1, 0.15) is 32.1 Å². The molecule has 1 heterocycles. The van der Waals surface area contributed by atoms with Crippen LogP contribution in [0, 0.1) is 0 Å². The standard InChI is InChI=1S/C16H17BrOS/c1-18-13-6-2-4-11(8-13)9-14(17)16-10-12-5-3-7-15(12)19-16/h2,4,6,8,10,14H,3,5,7,9H2,1H3. The highest BCUT2D eigenvalue weighted by atomic mass is 79.9. The monoisotopic (exact) mass is 336 g/mol. The molecule has 0 fully saturated rings. The molecular weight excluding hydrogens is 320 g/mol. The van der Waals surface area contributed by atoms with Crippen LogP contribution in [-0.2, 0) is 19.3 Å². The van der Waals surface area contributed by atoms with Crippen LogP contribution in [0.5, 0.6) is 5.75 Å². The maximum atomic E-state index is 5.28. The molecule has 1 aromatic carbocycles. The molecule has 0 saturated heterocycles. The molecule has 2 aromatic rings. The van der Waals surface area contributed by atoms with Gasteiger partial charge in [0.2, 0.25) is 0 Å². The summed E-state index contributed by atoms with van der Waals surface area (Å²) in [5.74, 6) is 0.936. The lowest BCUT2D eigenvalue weighted by molar-refractivity contribution is 0.414. The number of ether oxygens (including phenoxy) is 1. The lowest BCUT2D eigenvalue weighted by Gasteiger charge is -2.09. The fourth-order valence-electron chi connectivity index (χ4n) is 2.61. The Kier molecular flexibility index (Phi) is 3.94. The van der Waals surface area contributed by atoms with Gasteiger partial charge in [0.25, 0.3) is 0 Å². The number of rotatable bonds is 4. The largest absolute Gasteiger partial charge is 0.497 e. The summed E-state index contributed by atoms with van der Waals surface area (Å²) < 4.78 is 5.28. The van der Waals surface area contributed by atoms with Gasteiger partial charge in [-0.15, -0.1) is 11.3 Å². The molecule has 0 N–H and O–H groups in total. The number of halogens is 1. The van der Waals surface area contributed by atoms with Crippen molar-refractivity contribution >= 4 is 27.3 Å². The number of alkyl halides is 1. The quantitative estimate of drug-likeness (QED) is 0.719. The summed E-state index contributed by atoms with van der Waals surface area (Å²) in [6, 6.07) is 10.7. The summed E-state index contributed by atoms with van der Waals surface area (Å²) >= 11 is 5.82. The van der Waals surface area contributed by atoms with Gasteiger partial charge in [0, 0.05) is 9.75 Å². The fourth-order valence-corrected chi connectivity index (χ4v) is 4.64. The van der Waals surface area contributed by atoms with Crippen molar-refractivity contribution in [3.63, 3.8) is 0 Å². The molecule has 0 radical (unpaired) electrons. The number of fused-ring (bicyclic) bond motifs is 1. The van der Waals surface area contributed by atoms with Crippen LogP contribution < -0.4 is 4.74 Å². The van der Waals surface area contributed by atoms with Gasteiger partial charge in [-0.1, -0.05) is 28.1 Å². The van der Waals surface area contributed by atoms with E-state index >= 15 is 0 Å². The van der Waals surface area contributed by atoms with E-state index in [-0.39, 0.29) is 0 Å². The minimum absolute atomic E-state index is 0.412. The molecule has 3 rings (SSSR count). The lowest BCUT2D eigenvalue weighted by atomic mass is 10.1. The van der Waals surface area contributed by atoms with Gasteiger partial charge in [-0.25, -0.2) is 0 Å². The molecule has 0 bridgehead atoms. The average Bonchev–Trinajstić information content (AvgIpc) is 2.99. The highest BCUT2D eigenvalue weighted by molar-refractivity contribution is 9.09. The second kappa shape index (κ2) is 5.68. The second-order valence-corrected chi connectivity index (χ2v) is 7.25. The van der Waals surface area contributed by atoms with Crippen molar-refractivity contribution in [1.29, 1.82) is 0 Å². The molecule has 0 spiro atoms. The second-order valence-electron chi connectivity index (χ2n) is 4.97. The summed E-state index contributed by atoms with van der Waals surface area (Å²) in [6.07, 6.45) is 4.89. The van der Waals surface area contributed by atoms with E-state index in [0.29, 0.717) is 4.83 Å². The Balaban J connectivity index is 1.74. The zero-order valence-electron chi connectivity index (χ0n) is 11.0. The molecule has 0 amide bonds. The third-order valence-corrected chi connectivity index (χ3v) is 6.09. The molecule has 19 heavy (non-hydrogen) atoms. The van der Waals surface area contributed by atoms with Gasteiger partial charge in [-0.05, 0) is 55.0 Å². The van der Waals surface area contributed by atoms with E-state index in [9.17, 15) is 0 Å². The highest BCUT2D eigenvalue weighted by Gasteiger charge is 2.18. The van der Waals surface area contributed by atoms with Crippen molar-refractivity contribution in [3.8, 4) is 5.75 Å². The first-order chi connectivity index (χ1) is 9.26. The number of hydrogen-bond acceptors (Lipinski definition) is 2. The van der Waals surface area contributed by atoms with Gasteiger partial charge in [-0.3, -0.25) is 0 Å². The van der Waals surface area contributed by atoms with Gasteiger partial charge in [-0.2, -0.15) is 0 Å². The average molecular weight is 337 g/mol. The molecular formula is C16H17BrOS. The van der Waals surface area contributed by atoms with Crippen LogP contribution >= 0.6 is 27.3 Å². The van der Waals surface area contributed by atoms with Crippen molar-refractivity contribution in [3.05, 3.63) is 51.2 Å². The summed E-state index contributed by atoms with van der Waals surface area (Å²) in [5, 5.41) is 0. The molecule has 1 atom stereocenters. The molecule has 1 aliphatic rings. The van der Waals surface area contributed by atoms with Crippen LogP contribution in [0.4, 0.5) is 0 Å². The third kappa shape index (κ3) is 2.87. The Morgan fingerprint density at radius 2 is 2.21 bits per heavy atom. The van der Waals surface area contributed by atoms with E-state index in [1.54, 1.807) is 17.6 Å². The van der Waals surface area contributed by atoms with Gasteiger partial charge < -0.3 is 4.74 Å². The van der Waals surface area contributed by atoms with Crippen LogP contribution in [0.2, 0.25) is 0 Å². The predicted molar refractivity (Wildman–Crippen MR) is 84.7 cm³/mol. The summed E-state index contributed by atoms with van der Waals surface area (Å²) in [6.45, 7) is 0. The Labute approximate surface area is 126 Å². The highest BCUT2D eigenvalue weighted by Crippen LogP contribution is 2.38. The van der Waals surface area contributed by atoms with Gasteiger partial charge in [0.05, 0.1) is 11.9 Å².